The summed E-state index contributed by atoms with van der Waals surface area (Å²) in [5, 5.41) is -0.472. The molecule has 0 saturated heterocycles. The molecular formula is C15H13ClF2. The summed E-state index contributed by atoms with van der Waals surface area (Å²) in [6.07, 6.45) is 0. The molecule has 0 aliphatic carbocycles. The van der Waals surface area contributed by atoms with Gasteiger partial charge in [-0.2, -0.15) is 0 Å². The minimum absolute atomic E-state index is 0.265. The summed E-state index contributed by atoms with van der Waals surface area (Å²) in [4.78, 5) is 0. The Hall–Kier alpha value is -1.41. The highest BCUT2D eigenvalue weighted by atomic mass is 35.5. The van der Waals surface area contributed by atoms with Gasteiger partial charge in [0.2, 0.25) is 0 Å². The van der Waals surface area contributed by atoms with Crippen molar-refractivity contribution in [3.8, 4) is 0 Å². The summed E-state index contributed by atoms with van der Waals surface area (Å²) in [7, 11) is 0. The van der Waals surface area contributed by atoms with E-state index in [0.717, 1.165) is 11.1 Å². The highest BCUT2D eigenvalue weighted by Crippen LogP contribution is 2.32. The van der Waals surface area contributed by atoms with Crippen LogP contribution in [-0.2, 0) is 0 Å². The first-order chi connectivity index (χ1) is 8.49. The largest absolute Gasteiger partial charge is 0.207 e. The first-order valence-corrected chi connectivity index (χ1v) is 6.09. The molecule has 0 nitrogen and oxygen atoms in total. The van der Waals surface area contributed by atoms with Crippen LogP contribution in [0.3, 0.4) is 0 Å². The number of aryl methyl sites for hydroxylation is 2. The second kappa shape index (κ2) is 5.07. The Morgan fingerprint density at radius 3 is 2.33 bits per heavy atom. The fourth-order valence-electron chi connectivity index (χ4n) is 1.89. The molecule has 0 saturated carbocycles. The van der Waals surface area contributed by atoms with Gasteiger partial charge in [-0.3, -0.25) is 0 Å². The van der Waals surface area contributed by atoms with Crippen molar-refractivity contribution >= 4 is 11.6 Å². The Morgan fingerprint density at radius 2 is 1.67 bits per heavy atom. The van der Waals surface area contributed by atoms with Gasteiger partial charge in [-0.15, -0.1) is 11.6 Å². The van der Waals surface area contributed by atoms with Gasteiger partial charge in [-0.1, -0.05) is 18.2 Å². The van der Waals surface area contributed by atoms with E-state index in [1.807, 2.05) is 6.92 Å². The topological polar surface area (TPSA) is 0 Å². The molecule has 0 aliphatic heterocycles. The Bertz CT molecular complexity index is 579. The third-order valence-corrected chi connectivity index (χ3v) is 3.48. The van der Waals surface area contributed by atoms with E-state index in [1.165, 1.54) is 18.2 Å². The van der Waals surface area contributed by atoms with E-state index < -0.39 is 5.38 Å². The van der Waals surface area contributed by atoms with E-state index in [9.17, 15) is 8.78 Å². The van der Waals surface area contributed by atoms with Gasteiger partial charge in [0, 0.05) is 0 Å². The molecule has 0 aliphatic rings. The Balaban J connectivity index is 2.44. The lowest BCUT2D eigenvalue weighted by molar-refractivity contribution is 0.617. The van der Waals surface area contributed by atoms with Gasteiger partial charge in [0.1, 0.15) is 11.6 Å². The minimum atomic E-state index is -0.472. The van der Waals surface area contributed by atoms with E-state index in [2.05, 4.69) is 0 Å². The third kappa shape index (κ3) is 2.54. The molecule has 1 unspecified atom stereocenters. The number of hydrogen-bond acceptors (Lipinski definition) is 0. The predicted octanol–water partition coefficient (Wildman–Crippen LogP) is 4.91. The predicted molar refractivity (Wildman–Crippen MR) is 70.0 cm³/mol. The number of benzene rings is 2. The minimum Gasteiger partial charge on any atom is -0.207 e. The molecule has 0 aromatic heterocycles. The van der Waals surface area contributed by atoms with Crippen molar-refractivity contribution in [2.45, 2.75) is 19.2 Å². The van der Waals surface area contributed by atoms with Crippen LogP contribution in [0.25, 0.3) is 0 Å². The van der Waals surface area contributed by atoms with Gasteiger partial charge in [0.05, 0.1) is 5.38 Å². The quantitative estimate of drug-likeness (QED) is 0.678. The van der Waals surface area contributed by atoms with Crippen molar-refractivity contribution < 1.29 is 8.78 Å². The molecule has 1 atom stereocenters. The number of rotatable bonds is 2. The zero-order valence-corrected chi connectivity index (χ0v) is 10.9. The van der Waals surface area contributed by atoms with Gasteiger partial charge in [0.25, 0.3) is 0 Å². The summed E-state index contributed by atoms with van der Waals surface area (Å²) in [5.41, 5.74) is 2.93. The van der Waals surface area contributed by atoms with Crippen LogP contribution in [0, 0.1) is 25.5 Å². The van der Waals surface area contributed by atoms with Crippen molar-refractivity contribution in [3.05, 3.63) is 70.3 Å². The fourth-order valence-corrected chi connectivity index (χ4v) is 2.26. The second-order valence-electron chi connectivity index (χ2n) is 4.37. The van der Waals surface area contributed by atoms with Crippen molar-refractivity contribution in [1.29, 1.82) is 0 Å². The normalized spacial score (nSPS) is 12.5. The highest BCUT2D eigenvalue weighted by Gasteiger charge is 2.15. The van der Waals surface area contributed by atoms with Gasteiger partial charge >= 0.3 is 0 Å². The van der Waals surface area contributed by atoms with Crippen LogP contribution in [0.4, 0.5) is 8.78 Å². The Morgan fingerprint density at radius 1 is 0.944 bits per heavy atom. The van der Waals surface area contributed by atoms with Gasteiger partial charge in [0.15, 0.2) is 0 Å². The smallest absolute Gasteiger partial charge is 0.126 e. The van der Waals surface area contributed by atoms with Crippen molar-refractivity contribution in [2.75, 3.05) is 0 Å². The van der Waals surface area contributed by atoms with E-state index >= 15 is 0 Å². The molecule has 0 heterocycles. The molecule has 2 aromatic carbocycles. The maximum Gasteiger partial charge on any atom is 0.126 e. The zero-order valence-electron chi connectivity index (χ0n) is 10.2. The van der Waals surface area contributed by atoms with Crippen LogP contribution in [0.1, 0.15) is 27.6 Å². The maximum atomic E-state index is 13.2. The first kappa shape index (κ1) is 13.0. The Labute approximate surface area is 110 Å². The van der Waals surface area contributed by atoms with Gasteiger partial charge < -0.3 is 0 Å². The molecule has 2 aromatic rings. The summed E-state index contributed by atoms with van der Waals surface area (Å²) in [5.74, 6) is -0.585. The average molecular weight is 267 g/mol. The lowest BCUT2D eigenvalue weighted by Crippen LogP contribution is -1.98. The molecule has 2 rings (SSSR count). The van der Waals surface area contributed by atoms with Crippen molar-refractivity contribution in [1.82, 2.24) is 0 Å². The summed E-state index contributed by atoms with van der Waals surface area (Å²) >= 11 is 6.34. The lowest BCUT2D eigenvalue weighted by Gasteiger charge is -2.14. The van der Waals surface area contributed by atoms with Crippen LogP contribution in [0.15, 0.2) is 36.4 Å². The standard InChI is InChI=1S/C15H13ClF2/c1-9-3-5-12(17)8-13(9)15(16)11-4-6-14(18)10(2)7-11/h3-8,15H,1-2H3. The molecule has 94 valence electrons. The van der Waals surface area contributed by atoms with E-state index in [0.29, 0.717) is 11.1 Å². The number of halogens is 3. The summed E-state index contributed by atoms with van der Waals surface area (Å²) in [6.45, 7) is 3.56. The maximum absolute atomic E-state index is 13.2. The van der Waals surface area contributed by atoms with Crippen LogP contribution in [-0.4, -0.2) is 0 Å². The van der Waals surface area contributed by atoms with E-state index in [-0.39, 0.29) is 11.6 Å². The van der Waals surface area contributed by atoms with Crippen LogP contribution >= 0.6 is 11.6 Å². The summed E-state index contributed by atoms with van der Waals surface area (Å²) < 4.78 is 26.5. The lowest BCUT2D eigenvalue weighted by atomic mass is 9.98. The second-order valence-corrected chi connectivity index (χ2v) is 4.81. The fraction of sp³-hybridized carbons (Fsp3) is 0.200. The number of hydrogen-bond donors (Lipinski definition) is 0. The van der Waals surface area contributed by atoms with Gasteiger partial charge in [-0.25, -0.2) is 8.78 Å². The van der Waals surface area contributed by atoms with Crippen LogP contribution in [0.5, 0.6) is 0 Å². The van der Waals surface area contributed by atoms with Crippen LogP contribution < -0.4 is 0 Å². The highest BCUT2D eigenvalue weighted by molar-refractivity contribution is 6.22. The third-order valence-electron chi connectivity index (χ3n) is 2.99. The molecule has 0 fully saturated rings. The number of alkyl halides is 1. The molecule has 0 amide bonds. The average Bonchev–Trinajstić information content (AvgIpc) is 2.35. The van der Waals surface area contributed by atoms with Crippen molar-refractivity contribution in [2.24, 2.45) is 0 Å². The zero-order chi connectivity index (χ0) is 13.3. The molecule has 3 heteroatoms. The molecule has 18 heavy (non-hydrogen) atoms. The molecule has 0 spiro atoms. The molecule has 0 N–H and O–H groups in total. The van der Waals surface area contributed by atoms with Crippen LogP contribution in [0.2, 0.25) is 0 Å². The monoisotopic (exact) mass is 266 g/mol. The summed E-state index contributed by atoms with van der Waals surface area (Å²) in [6, 6.07) is 9.22. The first-order valence-electron chi connectivity index (χ1n) is 5.65. The molecular weight excluding hydrogens is 254 g/mol. The van der Waals surface area contributed by atoms with E-state index in [4.69, 9.17) is 11.6 Å². The molecule has 0 radical (unpaired) electrons. The SMILES string of the molecule is Cc1cc(C(Cl)c2cc(F)ccc2C)ccc1F. The van der Waals surface area contributed by atoms with E-state index in [1.54, 1.807) is 25.1 Å². The Kier molecular flexibility index (Phi) is 3.67. The van der Waals surface area contributed by atoms with Gasteiger partial charge in [-0.05, 0) is 54.3 Å². The molecule has 0 bridgehead atoms. The van der Waals surface area contributed by atoms with Crippen molar-refractivity contribution in [3.63, 3.8) is 0 Å².